The third-order valence-electron chi connectivity index (χ3n) is 5.17. The van der Waals surface area contributed by atoms with Crippen LogP contribution in [0.5, 0.6) is 17.2 Å². The molecule has 0 atom stereocenters. The first-order valence-corrected chi connectivity index (χ1v) is 9.51. The highest BCUT2D eigenvalue weighted by Gasteiger charge is 2.21. The molecular formula is C21H27N3O5. The van der Waals surface area contributed by atoms with Gasteiger partial charge in [0.15, 0.2) is 11.5 Å². The van der Waals surface area contributed by atoms with Gasteiger partial charge in [-0.3, -0.25) is 19.9 Å². The fourth-order valence-electron chi connectivity index (χ4n) is 3.66. The van der Waals surface area contributed by atoms with Crippen molar-refractivity contribution in [2.75, 3.05) is 47.5 Å². The molecule has 1 aliphatic rings. The Kier molecular flexibility index (Phi) is 6.90. The van der Waals surface area contributed by atoms with Crippen molar-refractivity contribution in [2.45, 2.75) is 13.1 Å². The lowest BCUT2D eigenvalue weighted by molar-refractivity contribution is -0.384. The summed E-state index contributed by atoms with van der Waals surface area (Å²) >= 11 is 0. The van der Waals surface area contributed by atoms with Crippen LogP contribution >= 0.6 is 0 Å². The van der Waals surface area contributed by atoms with Crippen molar-refractivity contribution in [3.05, 3.63) is 57.6 Å². The molecule has 3 rings (SSSR count). The van der Waals surface area contributed by atoms with Crippen LogP contribution in [0.15, 0.2) is 36.4 Å². The van der Waals surface area contributed by atoms with Gasteiger partial charge >= 0.3 is 0 Å². The molecule has 1 heterocycles. The third-order valence-corrected chi connectivity index (χ3v) is 5.17. The van der Waals surface area contributed by atoms with E-state index in [2.05, 4.69) is 9.80 Å². The molecule has 1 saturated heterocycles. The fourth-order valence-corrected chi connectivity index (χ4v) is 3.66. The first-order valence-electron chi connectivity index (χ1n) is 9.51. The number of piperazine rings is 1. The minimum absolute atomic E-state index is 0.140. The van der Waals surface area contributed by atoms with E-state index in [0.29, 0.717) is 17.2 Å². The van der Waals surface area contributed by atoms with Crippen LogP contribution in [0.4, 0.5) is 5.69 Å². The molecule has 0 aliphatic carbocycles. The van der Waals surface area contributed by atoms with E-state index >= 15 is 0 Å². The van der Waals surface area contributed by atoms with E-state index in [1.807, 2.05) is 18.2 Å². The van der Waals surface area contributed by atoms with Crippen LogP contribution in [0.25, 0.3) is 0 Å². The smallest absolute Gasteiger partial charge is 0.269 e. The van der Waals surface area contributed by atoms with Crippen molar-refractivity contribution in [3.63, 3.8) is 0 Å². The second-order valence-electron chi connectivity index (χ2n) is 6.97. The van der Waals surface area contributed by atoms with E-state index in [4.69, 9.17) is 14.2 Å². The minimum Gasteiger partial charge on any atom is -0.493 e. The van der Waals surface area contributed by atoms with E-state index in [-0.39, 0.29) is 10.6 Å². The number of ether oxygens (including phenoxy) is 3. The van der Waals surface area contributed by atoms with Crippen LogP contribution in [-0.2, 0) is 13.1 Å². The molecule has 29 heavy (non-hydrogen) atoms. The second-order valence-corrected chi connectivity index (χ2v) is 6.97. The molecule has 0 spiro atoms. The van der Waals surface area contributed by atoms with Gasteiger partial charge in [0, 0.05) is 57.0 Å². The number of hydrogen-bond donors (Lipinski definition) is 0. The quantitative estimate of drug-likeness (QED) is 0.497. The van der Waals surface area contributed by atoms with Crippen molar-refractivity contribution in [1.29, 1.82) is 0 Å². The number of nitrogens with zero attached hydrogens (tertiary/aromatic N) is 3. The Labute approximate surface area is 170 Å². The number of methoxy groups -OCH3 is 3. The van der Waals surface area contributed by atoms with Gasteiger partial charge in [-0.2, -0.15) is 0 Å². The Morgan fingerprint density at radius 1 is 0.897 bits per heavy atom. The molecule has 2 aromatic rings. The Morgan fingerprint density at radius 2 is 1.55 bits per heavy atom. The van der Waals surface area contributed by atoms with Crippen molar-refractivity contribution in [3.8, 4) is 17.2 Å². The number of nitro groups is 1. The molecule has 1 fully saturated rings. The number of hydrogen-bond acceptors (Lipinski definition) is 7. The van der Waals surface area contributed by atoms with E-state index in [1.54, 1.807) is 33.5 Å². The van der Waals surface area contributed by atoms with Gasteiger partial charge in [0.1, 0.15) is 0 Å². The molecule has 0 amide bonds. The fraction of sp³-hybridized carbons (Fsp3) is 0.429. The van der Waals surface area contributed by atoms with Gasteiger partial charge in [-0.25, -0.2) is 0 Å². The predicted octanol–water partition coefficient (Wildman–Crippen LogP) is 2.94. The molecule has 8 heteroatoms. The summed E-state index contributed by atoms with van der Waals surface area (Å²) in [6, 6.07) is 10.8. The molecule has 0 unspecified atom stereocenters. The molecule has 1 aliphatic heterocycles. The maximum atomic E-state index is 11.0. The van der Waals surface area contributed by atoms with Gasteiger partial charge in [-0.1, -0.05) is 18.2 Å². The van der Waals surface area contributed by atoms with Gasteiger partial charge in [-0.15, -0.1) is 0 Å². The highest BCUT2D eigenvalue weighted by atomic mass is 16.6. The zero-order valence-electron chi connectivity index (χ0n) is 17.1. The molecule has 0 N–H and O–H groups in total. The van der Waals surface area contributed by atoms with E-state index in [0.717, 1.165) is 50.4 Å². The third kappa shape index (κ3) is 4.96. The normalized spacial score (nSPS) is 15.1. The van der Waals surface area contributed by atoms with Crippen molar-refractivity contribution in [2.24, 2.45) is 0 Å². The molecule has 2 aromatic carbocycles. The van der Waals surface area contributed by atoms with Crippen LogP contribution in [0, 0.1) is 10.1 Å². The maximum Gasteiger partial charge on any atom is 0.269 e. The summed E-state index contributed by atoms with van der Waals surface area (Å²) in [5, 5.41) is 11.0. The lowest BCUT2D eigenvalue weighted by atomic mass is 10.1. The molecular weight excluding hydrogens is 374 g/mol. The number of rotatable bonds is 8. The average Bonchev–Trinajstić information content (AvgIpc) is 2.74. The Balaban J connectivity index is 1.60. The summed E-state index contributed by atoms with van der Waals surface area (Å²) in [5.41, 5.74) is 2.16. The summed E-state index contributed by atoms with van der Waals surface area (Å²) in [7, 11) is 4.85. The van der Waals surface area contributed by atoms with Gasteiger partial charge in [0.05, 0.1) is 26.3 Å². The van der Waals surface area contributed by atoms with Gasteiger partial charge in [-0.05, 0) is 11.6 Å². The molecule has 156 valence electrons. The predicted molar refractivity (Wildman–Crippen MR) is 110 cm³/mol. The van der Waals surface area contributed by atoms with Crippen LogP contribution in [0.1, 0.15) is 11.1 Å². The summed E-state index contributed by atoms with van der Waals surface area (Å²) in [6.07, 6.45) is 0. The number of non-ortho nitro benzene ring substituents is 1. The van der Waals surface area contributed by atoms with Crippen LogP contribution in [0.3, 0.4) is 0 Å². The highest BCUT2D eigenvalue weighted by molar-refractivity contribution is 5.55. The SMILES string of the molecule is COc1ccc(CN2CCN(Cc3cccc([N+](=O)[O-])c3)CC2)c(OC)c1OC. The highest BCUT2D eigenvalue weighted by Crippen LogP contribution is 2.40. The van der Waals surface area contributed by atoms with Crippen molar-refractivity contribution >= 4 is 5.69 Å². The first-order chi connectivity index (χ1) is 14.0. The van der Waals surface area contributed by atoms with Crippen LogP contribution in [-0.4, -0.2) is 62.2 Å². The van der Waals surface area contributed by atoms with Crippen LogP contribution < -0.4 is 14.2 Å². The minimum atomic E-state index is -0.349. The van der Waals surface area contributed by atoms with Crippen molar-refractivity contribution in [1.82, 2.24) is 9.80 Å². The topological polar surface area (TPSA) is 77.3 Å². The lowest BCUT2D eigenvalue weighted by Crippen LogP contribution is -2.45. The van der Waals surface area contributed by atoms with Crippen molar-refractivity contribution < 1.29 is 19.1 Å². The van der Waals surface area contributed by atoms with E-state index in [9.17, 15) is 10.1 Å². The molecule has 0 radical (unpaired) electrons. The zero-order valence-corrected chi connectivity index (χ0v) is 17.1. The molecule has 0 saturated carbocycles. The Hall–Kier alpha value is -2.84. The standard InChI is InChI=1S/C21H27N3O5/c1-27-19-8-7-17(20(28-2)21(19)29-3)15-23-11-9-22(10-12-23)14-16-5-4-6-18(13-16)24(25)26/h4-8,13H,9-12,14-15H2,1-3H3. The summed E-state index contributed by atoms with van der Waals surface area (Å²) in [6.45, 7) is 5.10. The molecule has 0 bridgehead atoms. The van der Waals surface area contributed by atoms with Gasteiger partial charge < -0.3 is 14.2 Å². The monoisotopic (exact) mass is 401 g/mol. The largest absolute Gasteiger partial charge is 0.493 e. The summed E-state index contributed by atoms with van der Waals surface area (Å²) in [5.74, 6) is 1.96. The summed E-state index contributed by atoms with van der Waals surface area (Å²) in [4.78, 5) is 15.3. The zero-order chi connectivity index (χ0) is 20.8. The molecule has 8 nitrogen and oxygen atoms in total. The van der Waals surface area contributed by atoms with E-state index < -0.39 is 0 Å². The van der Waals surface area contributed by atoms with Gasteiger partial charge in [0.25, 0.3) is 5.69 Å². The maximum absolute atomic E-state index is 11.0. The summed E-state index contributed by atoms with van der Waals surface area (Å²) < 4.78 is 16.4. The second kappa shape index (κ2) is 9.58. The average molecular weight is 401 g/mol. The van der Waals surface area contributed by atoms with Crippen LogP contribution in [0.2, 0.25) is 0 Å². The first kappa shape index (κ1) is 20.9. The Bertz CT molecular complexity index is 850. The Morgan fingerprint density at radius 3 is 2.14 bits per heavy atom. The van der Waals surface area contributed by atoms with E-state index in [1.165, 1.54) is 6.07 Å². The van der Waals surface area contributed by atoms with Gasteiger partial charge in [0.2, 0.25) is 5.75 Å². The molecule has 0 aromatic heterocycles. The lowest BCUT2D eigenvalue weighted by Gasteiger charge is -2.35. The number of nitro benzene ring substituents is 1. The number of benzene rings is 2.